The van der Waals surface area contributed by atoms with Crippen LogP contribution in [0.1, 0.15) is 13.8 Å². The van der Waals surface area contributed by atoms with Crippen LogP contribution < -0.4 is 0 Å². The lowest BCUT2D eigenvalue weighted by Crippen LogP contribution is -2.59. The van der Waals surface area contributed by atoms with Gasteiger partial charge in [0.25, 0.3) is 0 Å². The van der Waals surface area contributed by atoms with Crippen molar-refractivity contribution in [3.63, 3.8) is 0 Å². The Morgan fingerprint density at radius 3 is 2.13 bits per heavy atom. The molecule has 2 saturated heterocycles. The third kappa shape index (κ3) is 3.36. The van der Waals surface area contributed by atoms with Gasteiger partial charge in [-0.2, -0.15) is 4.31 Å². The summed E-state index contributed by atoms with van der Waals surface area (Å²) in [5, 5.41) is -0.449. The molecule has 3 atom stereocenters. The number of hydrogen-bond donors (Lipinski definition) is 0. The molecule has 8 nitrogen and oxygen atoms in total. The summed E-state index contributed by atoms with van der Waals surface area (Å²) in [7, 11) is 1.28. The molecule has 0 aromatic carbocycles. The number of hydrogen-bond acceptors (Lipinski definition) is 6. The van der Waals surface area contributed by atoms with E-state index in [0.29, 0.717) is 6.54 Å². The minimum absolute atomic E-state index is 0.0866. The highest BCUT2D eigenvalue weighted by molar-refractivity contribution is 7.90. The van der Waals surface area contributed by atoms with Gasteiger partial charge in [-0.3, -0.25) is 9.69 Å². The van der Waals surface area contributed by atoms with Crippen molar-refractivity contribution >= 4 is 21.9 Å². The van der Waals surface area contributed by atoms with E-state index in [2.05, 4.69) is 0 Å². The van der Waals surface area contributed by atoms with Gasteiger partial charge < -0.3 is 9.64 Å². The highest BCUT2D eigenvalue weighted by Crippen LogP contribution is 2.30. The number of likely N-dealkylation sites (N-methyl/N-ethyl adjacent to an activating group) is 2. The molecule has 2 unspecified atom stereocenters. The van der Waals surface area contributed by atoms with E-state index in [9.17, 15) is 18.0 Å². The van der Waals surface area contributed by atoms with Crippen LogP contribution in [0.5, 0.6) is 0 Å². The van der Waals surface area contributed by atoms with Gasteiger partial charge in [0.15, 0.2) is 0 Å². The molecule has 132 valence electrons. The second-order valence-electron chi connectivity index (χ2n) is 6.61. The Morgan fingerprint density at radius 2 is 1.74 bits per heavy atom. The fourth-order valence-corrected chi connectivity index (χ4v) is 4.92. The highest BCUT2D eigenvalue weighted by Gasteiger charge is 2.51. The first-order valence-electron chi connectivity index (χ1n) is 7.65. The topological polar surface area (TPSA) is 87.0 Å². The Labute approximate surface area is 137 Å². The first-order chi connectivity index (χ1) is 10.6. The first kappa shape index (κ1) is 18.2. The normalized spacial score (nSPS) is 26.5. The Hall–Kier alpha value is -1.19. The van der Waals surface area contributed by atoms with Gasteiger partial charge in [-0.05, 0) is 13.0 Å². The SMILES string of the molecule is COC(=O)[C@H](C(C)C)N(C)C(=O)C1CN(S(=O)(=O)C2CN2C)C1. The van der Waals surface area contributed by atoms with Crippen LogP contribution in [0.15, 0.2) is 0 Å². The molecule has 0 N–H and O–H groups in total. The molecule has 0 radical (unpaired) electrons. The molecule has 2 rings (SSSR count). The number of sulfonamides is 1. The van der Waals surface area contributed by atoms with Crippen molar-refractivity contribution in [2.24, 2.45) is 11.8 Å². The van der Waals surface area contributed by atoms with Crippen LogP contribution in [-0.2, 0) is 24.3 Å². The maximum atomic E-state index is 12.5. The summed E-state index contributed by atoms with van der Waals surface area (Å²) >= 11 is 0. The van der Waals surface area contributed by atoms with Crippen LogP contribution in [-0.4, -0.2) is 86.7 Å². The lowest BCUT2D eigenvalue weighted by atomic mass is 9.97. The fraction of sp³-hybridized carbons (Fsp3) is 0.857. The summed E-state index contributed by atoms with van der Waals surface area (Å²) in [6.07, 6.45) is 0. The maximum absolute atomic E-state index is 12.5. The molecule has 9 heteroatoms. The zero-order valence-corrected chi connectivity index (χ0v) is 15.0. The third-order valence-corrected chi connectivity index (χ3v) is 6.76. The molecule has 0 saturated carbocycles. The molecule has 0 aromatic heterocycles. The van der Waals surface area contributed by atoms with Gasteiger partial charge in [-0.15, -0.1) is 0 Å². The van der Waals surface area contributed by atoms with Gasteiger partial charge in [0.05, 0.1) is 13.0 Å². The molecule has 2 aliphatic heterocycles. The average molecular weight is 347 g/mol. The van der Waals surface area contributed by atoms with Crippen LogP contribution >= 0.6 is 0 Å². The lowest BCUT2D eigenvalue weighted by Gasteiger charge is -2.40. The second kappa shape index (κ2) is 6.37. The predicted octanol–water partition coefficient (Wildman–Crippen LogP) is -0.824. The Balaban J connectivity index is 1.96. The summed E-state index contributed by atoms with van der Waals surface area (Å²) in [5.41, 5.74) is 0. The Kier molecular flexibility index (Phi) is 5.03. The van der Waals surface area contributed by atoms with Crippen molar-refractivity contribution in [2.75, 3.05) is 40.8 Å². The summed E-state index contributed by atoms with van der Waals surface area (Å²) in [5.74, 6) is -1.16. The molecule has 2 fully saturated rings. The molecule has 0 bridgehead atoms. The van der Waals surface area contributed by atoms with E-state index >= 15 is 0 Å². The van der Waals surface area contributed by atoms with Crippen molar-refractivity contribution in [1.29, 1.82) is 0 Å². The molecule has 1 amide bonds. The predicted molar refractivity (Wildman–Crippen MR) is 83.8 cm³/mol. The Bertz CT molecular complexity index is 585. The smallest absolute Gasteiger partial charge is 0.328 e. The average Bonchev–Trinajstić information content (AvgIpc) is 3.14. The van der Waals surface area contributed by atoms with E-state index in [1.54, 1.807) is 19.0 Å². The molecule has 0 spiro atoms. The van der Waals surface area contributed by atoms with Crippen molar-refractivity contribution in [2.45, 2.75) is 25.3 Å². The van der Waals surface area contributed by atoms with Crippen molar-refractivity contribution in [1.82, 2.24) is 14.1 Å². The molecule has 2 heterocycles. The standard InChI is InChI=1S/C14H25N3O5S/c1-9(2)12(14(19)22-5)16(4)13(18)10-6-17(7-10)23(20,21)11-8-15(11)3/h9-12H,6-8H2,1-5H3/t11?,12-,15?/m0/s1. The van der Waals surface area contributed by atoms with Gasteiger partial charge in [0.2, 0.25) is 15.9 Å². The van der Waals surface area contributed by atoms with E-state index in [4.69, 9.17) is 4.74 Å². The highest BCUT2D eigenvalue weighted by atomic mass is 32.2. The van der Waals surface area contributed by atoms with E-state index < -0.39 is 33.3 Å². The van der Waals surface area contributed by atoms with Crippen LogP contribution in [0.3, 0.4) is 0 Å². The van der Waals surface area contributed by atoms with Gasteiger partial charge in [-0.25, -0.2) is 13.2 Å². The van der Waals surface area contributed by atoms with Crippen LogP contribution in [0.25, 0.3) is 0 Å². The van der Waals surface area contributed by atoms with Crippen molar-refractivity contribution in [3.8, 4) is 0 Å². The first-order valence-corrected chi connectivity index (χ1v) is 9.15. The zero-order chi connectivity index (χ0) is 17.5. The molecule has 0 aromatic rings. The minimum atomic E-state index is -3.33. The Morgan fingerprint density at radius 1 is 1.22 bits per heavy atom. The molecule has 23 heavy (non-hydrogen) atoms. The molecular weight excluding hydrogens is 322 g/mol. The monoisotopic (exact) mass is 347 g/mol. The maximum Gasteiger partial charge on any atom is 0.328 e. The number of methoxy groups -OCH3 is 1. The summed E-state index contributed by atoms with van der Waals surface area (Å²) < 4.78 is 30.5. The van der Waals surface area contributed by atoms with Crippen LogP contribution in [0, 0.1) is 11.8 Å². The molecule has 2 aliphatic rings. The van der Waals surface area contributed by atoms with E-state index in [0.717, 1.165) is 0 Å². The zero-order valence-electron chi connectivity index (χ0n) is 14.2. The number of nitrogens with zero attached hydrogens (tertiary/aromatic N) is 3. The van der Waals surface area contributed by atoms with Gasteiger partial charge in [0, 0.05) is 26.7 Å². The number of ether oxygens (including phenoxy) is 1. The van der Waals surface area contributed by atoms with E-state index in [1.807, 2.05) is 13.8 Å². The molecule has 0 aliphatic carbocycles. The van der Waals surface area contributed by atoms with E-state index in [1.165, 1.54) is 16.3 Å². The summed E-state index contributed by atoms with van der Waals surface area (Å²) in [6.45, 7) is 4.58. The van der Waals surface area contributed by atoms with Crippen molar-refractivity contribution in [3.05, 3.63) is 0 Å². The quantitative estimate of drug-likeness (QED) is 0.461. The van der Waals surface area contributed by atoms with Crippen LogP contribution in [0.4, 0.5) is 0 Å². The van der Waals surface area contributed by atoms with Gasteiger partial charge in [0.1, 0.15) is 11.4 Å². The number of amides is 1. The minimum Gasteiger partial charge on any atom is -0.467 e. The van der Waals surface area contributed by atoms with E-state index in [-0.39, 0.29) is 24.9 Å². The fourth-order valence-electron chi connectivity index (χ4n) is 2.92. The van der Waals surface area contributed by atoms with Gasteiger partial charge >= 0.3 is 5.97 Å². The lowest BCUT2D eigenvalue weighted by molar-refractivity contribution is -0.156. The third-order valence-electron chi connectivity index (χ3n) is 4.54. The number of rotatable bonds is 6. The van der Waals surface area contributed by atoms with Gasteiger partial charge in [-0.1, -0.05) is 13.8 Å². The summed E-state index contributed by atoms with van der Waals surface area (Å²) in [4.78, 5) is 27.5. The number of carbonyl (C=O) groups is 2. The molecular formula is C14H25N3O5S. The summed E-state index contributed by atoms with van der Waals surface area (Å²) in [6, 6.07) is -0.660. The second-order valence-corrected chi connectivity index (χ2v) is 8.70. The van der Waals surface area contributed by atoms with Crippen molar-refractivity contribution < 1.29 is 22.7 Å². The number of esters is 1. The largest absolute Gasteiger partial charge is 0.467 e. The van der Waals surface area contributed by atoms with Crippen LogP contribution in [0.2, 0.25) is 0 Å². The number of carbonyl (C=O) groups excluding carboxylic acids is 2.